The summed E-state index contributed by atoms with van der Waals surface area (Å²) in [5.41, 5.74) is 1.93. The molecule has 1 aromatic carbocycles. The lowest BCUT2D eigenvalue weighted by molar-refractivity contribution is 0.649. The molecule has 5 nitrogen and oxygen atoms in total. The maximum absolute atomic E-state index is 8.64. The van der Waals surface area contributed by atoms with Crippen molar-refractivity contribution in [2.24, 2.45) is 0 Å². The quantitative estimate of drug-likeness (QED) is 0.741. The number of hydrogen-bond donors (Lipinski definition) is 0. The van der Waals surface area contributed by atoms with E-state index >= 15 is 0 Å². The highest BCUT2D eigenvalue weighted by atomic mass is 15.4. The minimum atomic E-state index is 0.300. The molecule has 0 N–H and O–H groups in total. The highest BCUT2D eigenvalue weighted by molar-refractivity contribution is 5.31. The standard InChI is InChI=1S/C11H7N5/c12-5-9-1-3-10(4-2-9)7-16-8-11(6-13)14-15-16/h1-4,8H,7H2. The van der Waals surface area contributed by atoms with E-state index in [2.05, 4.69) is 16.4 Å². The van der Waals surface area contributed by atoms with E-state index in [1.54, 1.807) is 23.0 Å². The van der Waals surface area contributed by atoms with Gasteiger partial charge in [0, 0.05) is 0 Å². The van der Waals surface area contributed by atoms with Gasteiger partial charge in [-0.2, -0.15) is 10.5 Å². The van der Waals surface area contributed by atoms with Crippen molar-refractivity contribution in [1.82, 2.24) is 15.0 Å². The molecule has 0 aliphatic carbocycles. The molecular weight excluding hydrogens is 202 g/mol. The van der Waals surface area contributed by atoms with Crippen LogP contribution in [0.2, 0.25) is 0 Å². The van der Waals surface area contributed by atoms with Gasteiger partial charge in [-0.1, -0.05) is 17.3 Å². The Labute approximate surface area is 92.2 Å². The van der Waals surface area contributed by atoms with Crippen molar-refractivity contribution in [3.05, 3.63) is 47.3 Å². The van der Waals surface area contributed by atoms with Gasteiger partial charge in [-0.25, -0.2) is 4.68 Å². The van der Waals surface area contributed by atoms with Gasteiger partial charge in [0.15, 0.2) is 5.69 Å². The third kappa shape index (κ3) is 2.05. The Hall–Kier alpha value is -2.66. The van der Waals surface area contributed by atoms with Crippen LogP contribution in [0.1, 0.15) is 16.8 Å². The summed E-state index contributed by atoms with van der Waals surface area (Å²) in [5, 5.41) is 24.7. The van der Waals surface area contributed by atoms with Crippen LogP contribution >= 0.6 is 0 Å². The maximum atomic E-state index is 8.64. The summed E-state index contributed by atoms with van der Waals surface area (Å²) in [6.45, 7) is 0.542. The first-order valence-electron chi connectivity index (χ1n) is 4.61. The molecule has 0 amide bonds. The zero-order chi connectivity index (χ0) is 11.4. The van der Waals surface area contributed by atoms with Crippen LogP contribution in [0.5, 0.6) is 0 Å². The third-order valence-electron chi connectivity index (χ3n) is 2.08. The number of aromatic nitrogens is 3. The molecule has 5 heteroatoms. The molecule has 1 aromatic heterocycles. The second-order valence-electron chi connectivity index (χ2n) is 3.22. The van der Waals surface area contributed by atoms with Crippen molar-refractivity contribution in [2.75, 3.05) is 0 Å². The first-order valence-corrected chi connectivity index (χ1v) is 4.61. The molecule has 16 heavy (non-hydrogen) atoms. The van der Waals surface area contributed by atoms with Crippen LogP contribution in [0, 0.1) is 22.7 Å². The van der Waals surface area contributed by atoms with E-state index < -0.39 is 0 Å². The predicted octanol–water partition coefficient (Wildman–Crippen LogP) is 1.07. The van der Waals surface area contributed by atoms with Crippen molar-refractivity contribution in [3.8, 4) is 12.1 Å². The Kier molecular flexibility index (Phi) is 2.62. The fraction of sp³-hybridized carbons (Fsp3) is 0.0909. The molecule has 0 fully saturated rings. The van der Waals surface area contributed by atoms with E-state index in [0.29, 0.717) is 17.8 Å². The Morgan fingerprint density at radius 3 is 2.44 bits per heavy atom. The molecule has 76 valence electrons. The van der Waals surface area contributed by atoms with Gasteiger partial charge in [-0.15, -0.1) is 5.10 Å². The topological polar surface area (TPSA) is 78.3 Å². The normalized spacial score (nSPS) is 9.38. The van der Waals surface area contributed by atoms with Gasteiger partial charge in [0.2, 0.25) is 0 Å². The zero-order valence-electron chi connectivity index (χ0n) is 8.33. The average Bonchev–Trinajstić information content (AvgIpc) is 2.78. The summed E-state index contributed by atoms with van der Waals surface area (Å²) in [5.74, 6) is 0. The predicted molar refractivity (Wildman–Crippen MR) is 55.0 cm³/mol. The SMILES string of the molecule is N#Cc1ccc(Cn2cc(C#N)nn2)cc1. The molecule has 0 unspecified atom stereocenters. The molecule has 2 rings (SSSR count). The first kappa shape index (κ1) is 9.88. The second kappa shape index (κ2) is 4.24. The third-order valence-corrected chi connectivity index (χ3v) is 2.08. The molecule has 0 radical (unpaired) electrons. The molecule has 0 aliphatic heterocycles. The van der Waals surface area contributed by atoms with Gasteiger partial charge in [-0.3, -0.25) is 0 Å². The summed E-state index contributed by atoms with van der Waals surface area (Å²) >= 11 is 0. The van der Waals surface area contributed by atoms with E-state index in [0.717, 1.165) is 5.56 Å². The van der Waals surface area contributed by atoms with Crippen molar-refractivity contribution >= 4 is 0 Å². The van der Waals surface area contributed by atoms with Gasteiger partial charge in [-0.05, 0) is 17.7 Å². The Balaban J connectivity index is 2.15. The van der Waals surface area contributed by atoms with Gasteiger partial charge in [0.05, 0.1) is 24.4 Å². The molecule has 0 saturated heterocycles. The van der Waals surface area contributed by atoms with Crippen molar-refractivity contribution in [2.45, 2.75) is 6.54 Å². The average molecular weight is 209 g/mol. The zero-order valence-corrected chi connectivity index (χ0v) is 8.33. The smallest absolute Gasteiger partial charge is 0.182 e. The molecule has 0 bridgehead atoms. The fourth-order valence-electron chi connectivity index (χ4n) is 1.30. The summed E-state index contributed by atoms with van der Waals surface area (Å²) in [6, 6.07) is 11.2. The van der Waals surface area contributed by atoms with E-state index in [1.165, 1.54) is 0 Å². The highest BCUT2D eigenvalue weighted by Crippen LogP contribution is 2.05. The first-order chi connectivity index (χ1) is 7.81. The molecule has 1 heterocycles. The fourth-order valence-corrected chi connectivity index (χ4v) is 1.30. The lowest BCUT2D eigenvalue weighted by atomic mass is 10.1. The molecule has 0 spiro atoms. The minimum Gasteiger partial charge on any atom is -0.247 e. The molecule has 0 saturated carbocycles. The summed E-state index contributed by atoms with van der Waals surface area (Å²) < 4.78 is 1.58. The van der Waals surface area contributed by atoms with Crippen molar-refractivity contribution in [3.63, 3.8) is 0 Å². The van der Waals surface area contributed by atoms with Crippen LogP contribution in [-0.2, 0) is 6.54 Å². The number of nitriles is 2. The minimum absolute atomic E-state index is 0.300. The largest absolute Gasteiger partial charge is 0.247 e. The lowest BCUT2D eigenvalue weighted by Crippen LogP contribution is -2.00. The van der Waals surface area contributed by atoms with Crippen molar-refractivity contribution in [1.29, 1.82) is 10.5 Å². The van der Waals surface area contributed by atoms with Crippen LogP contribution < -0.4 is 0 Å². The highest BCUT2D eigenvalue weighted by Gasteiger charge is 2.00. The van der Waals surface area contributed by atoms with E-state index in [1.807, 2.05) is 18.2 Å². The lowest BCUT2D eigenvalue weighted by Gasteiger charge is -1.99. The van der Waals surface area contributed by atoms with Crippen LogP contribution in [0.3, 0.4) is 0 Å². The molecule has 0 atom stereocenters. The van der Waals surface area contributed by atoms with Crippen LogP contribution in [0.4, 0.5) is 0 Å². The van der Waals surface area contributed by atoms with E-state index in [4.69, 9.17) is 10.5 Å². The van der Waals surface area contributed by atoms with E-state index in [-0.39, 0.29) is 0 Å². The van der Waals surface area contributed by atoms with E-state index in [9.17, 15) is 0 Å². The second-order valence-corrected chi connectivity index (χ2v) is 3.22. The van der Waals surface area contributed by atoms with Crippen molar-refractivity contribution < 1.29 is 0 Å². The number of rotatable bonds is 2. The Bertz CT molecular complexity index is 568. The number of benzene rings is 1. The summed E-state index contributed by atoms with van der Waals surface area (Å²) in [6.07, 6.45) is 1.58. The summed E-state index contributed by atoms with van der Waals surface area (Å²) in [4.78, 5) is 0. The van der Waals surface area contributed by atoms with Gasteiger partial charge < -0.3 is 0 Å². The van der Waals surface area contributed by atoms with Crippen LogP contribution in [-0.4, -0.2) is 15.0 Å². The van der Waals surface area contributed by atoms with Crippen LogP contribution in [0.15, 0.2) is 30.5 Å². The maximum Gasteiger partial charge on any atom is 0.182 e. The van der Waals surface area contributed by atoms with Gasteiger partial charge in [0.1, 0.15) is 6.07 Å². The number of nitrogens with zero attached hydrogens (tertiary/aromatic N) is 5. The molecular formula is C11H7N5. The summed E-state index contributed by atoms with van der Waals surface area (Å²) in [7, 11) is 0. The molecule has 2 aromatic rings. The van der Waals surface area contributed by atoms with Crippen LogP contribution in [0.25, 0.3) is 0 Å². The van der Waals surface area contributed by atoms with Gasteiger partial charge >= 0.3 is 0 Å². The monoisotopic (exact) mass is 209 g/mol. The Morgan fingerprint density at radius 1 is 1.12 bits per heavy atom. The number of hydrogen-bond acceptors (Lipinski definition) is 4. The van der Waals surface area contributed by atoms with Gasteiger partial charge in [0.25, 0.3) is 0 Å². The Morgan fingerprint density at radius 2 is 1.88 bits per heavy atom. The molecule has 0 aliphatic rings.